The van der Waals surface area contributed by atoms with Gasteiger partial charge in [0.1, 0.15) is 12.1 Å². The first-order valence-electron chi connectivity index (χ1n) is 6.60. The molecule has 6 heteroatoms. The summed E-state index contributed by atoms with van der Waals surface area (Å²) >= 11 is 0. The molecular formula is C14H14F2N2O2. The molecule has 1 aromatic carbocycles. The fourth-order valence-corrected chi connectivity index (χ4v) is 2.99. The molecule has 0 aliphatic carbocycles. The summed E-state index contributed by atoms with van der Waals surface area (Å²) in [5, 5.41) is 0. The molecule has 2 fully saturated rings. The molecule has 4 nitrogen and oxygen atoms in total. The number of fused-ring (bicyclic) bond motifs is 1. The third kappa shape index (κ3) is 1.71. The minimum Gasteiger partial charge on any atom is -0.329 e. The second kappa shape index (κ2) is 4.54. The fraction of sp³-hybridized carbons (Fsp3) is 0.429. The van der Waals surface area contributed by atoms with E-state index in [-0.39, 0.29) is 17.5 Å². The summed E-state index contributed by atoms with van der Waals surface area (Å²) in [6, 6.07) is 2.29. The second-order valence-corrected chi connectivity index (χ2v) is 5.15. The molecule has 0 bridgehead atoms. The Kier molecular flexibility index (Phi) is 2.96. The number of carbonyl (C=O) groups excluding carboxylic acids is 2. The van der Waals surface area contributed by atoms with E-state index in [1.807, 2.05) is 0 Å². The summed E-state index contributed by atoms with van der Waals surface area (Å²) in [7, 11) is 0. The molecule has 106 valence electrons. The highest BCUT2D eigenvalue weighted by molar-refractivity contribution is 6.08. The van der Waals surface area contributed by atoms with Crippen molar-refractivity contribution in [1.82, 2.24) is 4.90 Å². The molecule has 1 aromatic rings. The number of rotatable bonds is 1. The van der Waals surface area contributed by atoms with Crippen molar-refractivity contribution in [3.05, 3.63) is 29.8 Å². The van der Waals surface area contributed by atoms with Crippen LogP contribution < -0.4 is 4.90 Å². The molecule has 0 aromatic heterocycles. The molecular weight excluding hydrogens is 266 g/mol. The number of nitrogens with zero attached hydrogens (tertiary/aromatic N) is 2. The zero-order valence-electron chi connectivity index (χ0n) is 11.0. The SMILES string of the molecule is CC1C(=O)N2CCCC2C(=O)N1c1cccc(F)c1F. The van der Waals surface area contributed by atoms with E-state index in [0.717, 1.165) is 17.4 Å². The normalized spacial score (nSPS) is 26.1. The van der Waals surface area contributed by atoms with E-state index >= 15 is 0 Å². The van der Waals surface area contributed by atoms with Gasteiger partial charge in [0.05, 0.1) is 5.69 Å². The fourth-order valence-electron chi connectivity index (χ4n) is 2.99. The zero-order valence-corrected chi connectivity index (χ0v) is 11.0. The van der Waals surface area contributed by atoms with Gasteiger partial charge in [0, 0.05) is 6.54 Å². The Morgan fingerprint density at radius 3 is 2.70 bits per heavy atom. The van der Waals surface area contributed by atoms with Crippen LogP contribution in [-0.4, -0.2) is 35.3 Å². The van der Waals surface area contributed by atoms with E-state index in [9.17, 15) is 18.4 Å². The summed E-state index contributed by atoms with van der Waals surface area (Å²) in [6.45, 7) is 2.10. The number of piperazine rings is 1. The molecule has 0 N–H and O–H groups in total. The van der Waals surface area contributed by atoms with Gasteiger partial charge in [-0.3, -0.25) is 14.5 Å². The Bertz CT molecular complexity index is 591. The van der Waals surface area contributed by atoms with Crippen molar-refractivity contribution in [1.29, 1.82) is 0 Å². The molecule has 3 rings (SSSR count). The van der Waals surface area contributed by atoms with Crippen LogP contribution in [0.1, 0.15) is 19.8 Å². The van der Waals surface area contributed by atoms with Gasteiger partial charge in [0.25, 0.3) is 5.91 Å². The molecule has 0 spiro atoms. The maximum Gasteiger partial charge on any atom is 0.250 e. The minimum absolute atomic E-state index is 0.164. The molecule has 2 atom stereocenters. The van der Waals surface area contributed by atoms with Crippen molar-refractivity contribution in [3.63, 3.8) is 0 Å². The molecule has 2 aliphatic rings. The van der Waals surface area contributed by atoms with E-state index < -0.39 is 23.7 Å². The topological polar surface area (TPSA) is 40.6 Å². The van der Waals surface area contributed by atoms with Gasteiger partial charge in [-0.05, 0) is 31.9 Å². The third-order valence-corrected chi connectivity index (χ3v) is 3.99. The van der Waals surface area contributed by atoms with E-state index in [2.05, 4.69) is 0 Å². The molecule has 2 saturated heterocycles. The molecule has 20 heavy (non-hydrogen) atoms. The Morgan fingerprint density at radius 2 is 1.95 bits per heavy atom. The van der Waals surface area contributed by atoms with Crippen molar-refractivity contribution in [3.8, 4) is 0 Å². The average Bonchev–Trinajstić information content (AvgIpc) is 2.91. The van der Waals surface area contributed by atoms with Crippen molar-refractivity contribution < 1.29 is 18.4 Å². The lowest BCUT2D eigenvalue weighted by molar-refractivity contribution is -0.143. The van der Waals surface area contributed by atoms with E-state index in [1.54, 1.807) is 11.8 Å². The van der Waals surface area contributed by atoms with Crippen LogP contribution in [0.2, 0.25) is 0 Å². The Morgan fingerprint density at radius 1 is 1.20 bits per heavy atom. The quantitative estimate of drug-likeness (QED) is 0.785. The number of amides is 2. The average molecular weight is 280 g/mol. The summed E-state index contributed by atoms with van der Waals surface area (Å²) in [5.74, 6) is -2.66. The van der Waals surface area contributed by atoms with Crippen LogP contribution in [0.15, 0.2) is 18.2 Å². The molecule has 2 heterocycles. The molecule has 0 saturated carbocycles. The largest absolute Gasteiger partial charge is 0.329 e. The van der Waals surface area contributed by atoms with Crippen LogP contribution in [0.3, 0.4) is 0 Å². The molecule has 2 unspecified atom stereocenters. The first-order chi connectivity index (χ1) is 9.52. The number of halogens is 2. The summed E-state index contributed by atoms with van der Waals surface area (Å²) in [5.41, 5.74) is -0.164. The lowest BCUT2D eigenvalue weighted by Crippen LogP contribution is -2.62. The number of hydrogen-bond acceptors (Lipinski definition) is 2. The van der Waals surface area contributed by atoms with Crippen LogP contribution in [0.4, 0.5) is 14.5 Å². The van der Waals surface area contributed by atoms with Crippen LogP contribution in [0.5, 0.6) is 0 Å². The predicted octanol–water partition coefficient (Wildman–Crippen LogP) is 1.69. The minimum atomic E-state index is -1.09. The molecule has 2 aliphatic heterocycles. The zero-order chi connectivity index (χ0) is 14.4. The Labute approximate surface area is 115 Å². The monoisotopic (exact) mass is 280 g/mol. The van der Waals surface area contributed by atoms with Gasteiger partial charge in [-0.2, -0.15) is 0 Å². The van der Waals surface area contributed by atoms with Crippen LogP contribution >= 0.6 is 0 Å². The van der Waals surface area contributed by atoms with Gasteiger partial charge in [0.15, 0.2) is 11.6 Å². The van der Waals surface area contributed by atoms with Crippen molar-refractivity contribution in [2.45, 2.75) is 31.8 Å². The molecule has 2 amide bonds. The predicted molar refractivity (Wildman–Crippen MR) is 68.0 cm³/mol. The highest BCUT2D eigenvalue weighted by Crippen LogP contribution is 2.32. The number of anilines is 1. The van der Waals surface area contributed by atoms with E-state index in [1.165, 1.54) is 12.1 Å². The van der Waals surface area contributed by atoms with Gasteiger partial charge in [-0.1, -0.05) is 6.07 Å². The Balaban J connectivity index is 2.06. The van der Waals surface area contributed by atoms with Gasteiger partial charge in [-0.25, -0.2) is 8.78 Å². The Hall–Kier alpha value is -1.98. The van der Waals surface area contributed by atoms with Crippen molar-refractivity contribution in [2.24, 2.45) is 0 Å². The lowest BCUT2D eigenvalue weighted by atomic mass is 10.0. The van der Waals surface area contributed by atoms with E-state index in [0.29, 0.717) is 13.0 Å². The maximum atomic E-state index is 13.9. The van der Waals surface area contributed by atoms with Crippen LogP contribution in [0, 0.1) is 11.6 Å². The van der Waals surface area contributed by atoms with Crippen molar-refractivity contribution in [2.75, 3.05) is 11.4 Å². The van der Waals surface area contributed by atoms with Crippen LogP contribution in [-0.2, 0) is 9.59 Å². The van der Waals surface area contributed by atoms with Gasteiger partial charge in [-0.15, -0.1) is 0 Å². The number of carbonyl (C=O) groups is 2. The maximum absolute atomic E-state index is 13.9. The smallest absolute Gasteiger partial charge is 0.250 e. The van der Waals surface area contributed by atoms with Crippen LogP contribution in [0.25, 0.3) is 0 Å². The standard InChI is InChI=1S/C14H14F2N2O2/c1-8-13(19)17-7-3-6-11(17)14(20)18(8)10-5-2-4-9(15)12(10)16/h2,4-5,8,11H,3,6-7H2,1H3. The first-order valence-corrected chi connectivity index (χ1v) is 6.60. The number of benzene rings is 1. The molecule has 0 radical (unpaired) electrons. The summed E-state index contributed by atoms with van der Waals surface area (Å²) < 4.78 is 27.3. The van der Waals surface area contributed by atoms with E-state index in [4.69, 9.17) is 0 Å². The van der Waals surface area contributed by atoms with Gasteiger partial charge in [0.2, 0.25) is 5.91 Å². The lowest BCUT2D eigenvalue weighted by Gasteiger charge is -2.40. The van der Waals surface area contributed by atoms with Gasteiger partial charge >= 0.3 is 0 Å². The summed E-state index contributed by atoms with van der Waals surface area (Å²) in [4.78, 5) is 27.4. The highest BCUT2D eigenvalue weighted by Gasteiger charge is 2.47. The number of hydrogen-bond donors (Lipinski definition) is 0. The summed E-state index contributed by atoms with van der Waals surface area (Å²) in [6.07, 6.45) is 1.33. The third-order valence-electron chi connectivity index (χ3n) is 3.99. The van der Waals surface area contributed by atoms with Crippen molar-refractivity contribution >= 4 is 17.5 Å². The first kappa shape index (κ1) is 13.0. The highest BCUT2D eigenvalue weighted by atomic mass is 19.2. The second-order valence-electron chi connectivity index (χ2n) is 5.15. The van der Waals surface area contributed by atoms with Gasteiger partial charge < -0.3 is 4.90 Å².